The van der Waals surface area contributed by atoms with Crippen LogP contribution in [0.5, 0.6) is 11.5 Å². The fourth-order valence-electron chi connectivity index (χ4n) is 7.20. The van der Waals surface area contributed by atoms with Gasteiger partial charge in [-0.3, -0.25) is 20.2 Å². The van der Waals surface area contributed by atoms with Crippen LogP contribution in [-0.2, 0) is 14.1 Å². The predicted octanol–water partition coefficient (Wildman–Crippen LogP) is 9.94. The highest BCUT2D eigenvalue weighted by Gasteiger charge is 2.24. The number of nitrogens with zero attached hydrogens (tertiary/aromatic N) is 10. The SMILES string of the molecule is COc1cc(F)c([N+](=O)[O-])cc1Nc1nccc(-c2cn(C)c3cc(I)ccc23)n1.COc1cc(N(C)CCN(C)C)c([N+](=O)[O-])cc1Nc1nccc(-c2cn(C)c3cc(I)ccc23)n1. The van der Waals surface area contributed by atoms with Crippen molar-refractivity contribution in [1.82, 2.24) is 34.0 Å². The number of hydrogen-bond acceptors (Lipinski definition) is 14. The fourth-order valence-corrected chi connectivity index (χ4v) is 8.15. The molecule has 18 nitrogen and oxygen atoms in total. The first kappa shape index (κ1) is 47.2. The van der Waals surface area contributed by atoms with Crippen LogP contribution in [0.2, 0.25) is 0 Å². The standard InChI is InChI=1S/C25H28IN7O3.C20H15FIN5O3/c1-30(2)10-11-31(3)22-14-24(36-5)20(13-23(22)33(34)35)29-25-27-9-8-19(28-25)18-15-32(4)21-12-16(26)6-7-17(18)21;1-26-10-13(12-4-3-11(22)7-17(12)26)15-5-6-23-20(24-15)25-16-9-18(27(28)29)14(21)8-19(16)30-2/h6-9,12-15H,10-11H2,1-5H3,(H,27,28,29);3-10H,1-2H3,(H,23,24,25). The summed E-state index contributed by atoms with van der Waals surface area (Å²) in [6.45, 7) is 1.38. The molecular weight excluding hydrogens is 1080 g/mol. The average Bonchev–Trinajstić information content (AvgIpc) is 3.80. The second kappa shape index (κ2) is 20.2. The molecule has 0 unspecified atom stereocenters. The fraction of sp³-hybridized carbons (Fsp3) is 0.200. The van der Waals surface area contributed by atoms with Gasteiger partial charge in [-0.15, -0.1) is 0 Å². The number of likely N-dealkylation sites (N-methyl/N-ethyl adjacent to an activating group) is 2. The van der Waals surface area contributed by atoms with Crippen LogP contribution in [0.3, 0.4) is 0 Å². The van der Waals surface area contributed by atoms with Crippen molar-refractivity contribution in [2.75, 3.05) is 64.0 Å². The number of halogens is 3. The lowest BCUT2D eigenvalue weighted by Crippen LogP contribution is -2.28. The topological polar surface area (TPSA) is 197 Å². The number of methoxy groups -OCH3 is 2. The molecule has 0 saturated heterocycles. The van der Waals surface area contributed by atoms with Crippen LogP contribution in [0.1, 0.15) is 0 Å². The number of ether oxygens (including phenoxy) is 2. The number of fused-ring (bicyclic) bond motifs is 2. The van der Waals surface area contributed by atoms with Crippen LogP contribution >= 0.6 is 45.2 Å². The minimum Gasteiger partial charge on any atom is -0.494 e. The predicted molar refractivity (Wildman–Crippen MR) is 271 cm³/mol. The van der Waals surface area contributed by atoms with Crippen LogP contribution in [0.25, 0.3) is 44.3 Å². The molecule has 0 saturated carbocycles. The summed E-state index contributed by atoms with van der Waals surface area (Å²) in [5.41, 5.74) is 5.88. The molecule has 8 rings (SSSR count). The molecule has 21 heteroatoms. The Morgan fingerprint density at radius 1 is 0.682 bits per heavy atom. The quantitative estimate of drug-likeness (QED) is 0.0593. The van der Waals surface area contributed by atoms with Crippen molar-refractivity contribution < 1.29 is 23.7 Å². The molecule has 4 heterocycles. The van der Waals surface area contributed by atoms with Crippen LogP contribution in [0.4, 0.5) is 44.7 Å². The van der Waals surface area contributed by atoms with Crippen LogP contribution < -0.4 is 25.0 Å². The first-order valence-electron chi connectivity index (χ1n) is 20.0. The van der Waals surface area contributed by atoms with Crippen LogP contribution in [-0.4, -0.2) is 92.3 Å². The average molecular weight is 1120 g/mol. The maximum absolute atomic E-state index is 13.9. The molecule has 0 amide bonds. The minimum atomic E-state index is -0.984. The molecule has 0 fully saturated rings. The van der Waals surface area contributed by atoms with E-state index in [9.17, 15) is 24.6 Å². The highest BCUT2D eigenvalue weighted by molar-refractivity contribution is 14.1. The van der Waals surface area contributed by atoms with E-state index >= 15 is 0 Å². The summed E-state index contributed by atoms with van der Waals surface area (Å²) in [5.74, 6) is 0.0980. The summed E-state index contributed by atoms with van der Waals surface area (Å²) >= 11 is 4.57. The Hall–Kier alpha value is -6.73. The number of nitrogens with one attached hydrogen (secondary N) is 2. The van der Waals surface area contributed by atoms with Gasteiger partial charge >= 0.3 is 5.69 Å². The molecule has 66 heavy (non-hydrogen) atoms. The van der Waals surface area contributed by atoms with E-state index in [2.05, 4.69) is 99.6 Å². The summed E-state index contributed by atoms with van der Waals surface area (Å²) in [4.78, 5) is 43.5. The van der Waals surface area contributed by atoms with E-state index in [-0.39, 0.29) is 28.0 Å². The second-order valence-corrected chi connectivity index (χ2v) is 17.7. The van der Waals surface area contributed by atoms with Crippen LogP contribution in [0.15, 0.2) is 97.6 Å². The zero-order chi connectivity index (χ0) is 47.4. The van der Waals surface area contributed by atoms with Gasteiger partial charge in [-0.05, 0) is 95.7 Å². The molecule has 0 aliphatic carbocycles. The van der Waals surface area contributed by atoms with E-state index in [1.165, 1.54) is 20.3 Å². The highest BCUT2D eigenvalue weighted by Crippen LogP contribution is 2.40. The Morgan fingerprint density at radius 3 is 1.61 bits per heavy atom. The largest absolute Gasteiger partial charge is 0.494 e. The number of aryl methyl sites for hydroxylation is 2. The molecule has 0 bridgehead atoms. The molecule has 8 aromatic rings. The highest BCUT2D eigenvalue weighted by atomic mass is 127. The minimum absolute atomic E-state index is 0.0284. The van der Waals surface area contributed by atoms with Gasteiger partial charge in [0.05, 0.1) is 46.8 Å². The van der Waals surface area contributed by atoms with Gasteiger partial charge < -0.3 is 39.0 Å². The summed E-state index contributed by atoms with van der Waals surface area (Å²) in [7, 11) is 12.6. The number of rotatable bonds is 14. The Bertz CT molecular complexity index is 3130. The zero-order valence-corrected chi connectivity index (χ0v) is 41.0. The van der Waals surface area contributed by atoms with Gasteiger partial charge in [0.15, 0.2) is 0 Å². The molecule has 0 spiro atoms. The smallest absolute Gasteiger partial charge is 0.307 e. The summed E-state index contributed by atoms with van der Waals surface area (Å²) in [6, 6.07) is 21.2. The third-order valence-corrected chi connectivity index (χ3v) is 11.9. The van der Waals surface area contributed by atoms with Gasteiger partial charge in [0.2, 0.25) is 17.7 Å². The first-order chi connectivity index (χ1) is 31.5. The van der Waals surface area contributed by atoms with Gasteiger partial charge in [-0.1, -0.05) is 12.1 Å². The molecule has 4 aromatic carbocycles. The van der Waals surface area contributed by atoms with Gasteiger partial charge in [0.1, 0.15) is 17.2 Å². The monoisotopic (exact) mass is 1120 g/mol. The lowest BCUT2D eigenvalue weighted by molar-refractivity contribution is -0.387. The Balaban J connectivity index is 0.000000199. The van der Waals surface area contributed by atoms with Crippen molar-refractivity contribution in [3.05, 3.63) is 131 Å². The summed E-state index contributed by atoms with van der Waals surface area (Å²) in [5, 5.41) is 31.1. The van der Waals surface area contributed by atoms with E-state index in [1.807, 2.05) is 80.2 Å². The summed E-state index contributed by atoms with van der Waals surface area (Å²) in [6.07, 6.45) is 7.27. The molecule has 2 N–H and O–H groups in total. The van der Waals surface area contributed by atoms with Gasteiger partial charge in [-0.2, -0.15) is 4.39 Å². The first-order valence-corrected chi connectivity index (χ1v) is 22.1. The zero-order valence-electron chi connectivity index (χ0n) is 36.7. The molecule has 0 atom stereocenters. The van der Waals surface area contributed by atoms with Gasteiger partial charge in [0.25, 0.3) is 5.69 Å². The van der Waals surface area contributed by atoms with E-state index in [1.54, 1.807) is 24.5 Å². The number of benzene rings is 4. The van der Waals surface area contributed by atoms with E-state index in [4.69, 9.17) is 14.5 Å². The van der Waals surface area contributed by atoms with Crippen molar-refractivity contribution in [1.29, 1.82) is 0 Å². The third kappa shape index (κ3) is 10.4. The number of anilines is 5. The lowest BCUT2D eigenvalue weighted by Gasteiger charge is -2.22. The number of hydrogen-bond donors (Lipinski definition) is 2. The summed E-state index contributed by atoms with van der Waals surface area (Å²) < 4.78 is 31.0. The van der Waals surface area contributed by atoms with Gasteiger partial charge in [0, 0.05) is 123 Å². The van der Waals surface area contributed by atoms with E-state index in [0.717, 1.165) is 64.4 Å². The molecule has 340 valence electrons. The Labute approximate surface area is 405 Å². The molecule has 0 aliphatic rings. The van der Waals surface area contributed by atoms with Crippen LogP contribution in [0, 0.1) is 33.2 Å². The van der Waals surface area contributed by atoms with Crippen molar-refractivity contribution in [2.45, 2.75) is 0 Å². The normalized spacial score (nSPS) is 11.1. The number of aromatic nitrogens is 6. The number of nitro groups is 2. The van der Waals surface area contributed by atoms with E-state index in [0.29, 0.717) is 35.3 Å². The molecule has 0 radical (unpaired) electrons. The van der Waals surface area contributed by atoms with Crippen molar-refractivity contribution in [3.63, 3.8) is 0 Å². The molecule has 4 aromatic heterocycles. The maximum atomic E-state index is 13.9. The second-order valence-electron chi connectivity index (χ2n) is 15.2. The molecular formula is C45H43FI2N12O6. The third-order valence-electron chi connectivity index (χ3n) is 10.5. The molecule has 0 aliphatic heterocycles. The Kier molecular flexibility index (Phi) is 14.5. The Morgan fingerprint density at radius 2 is 1.15 bits per heavy atom. The number of nitro benzene ring substituents is 2. The van der Waals surface area contributed by atoms with Crippen molar-refractivity contribution >= 4 is 107 Å². The van der Waals surface area contributed by atoms with Gasteiger partial charge in [-0.25, -0.2) is 19.9 Å². The van der Waals surface area contributed by atoms with Crippen molar-refractivity contribution in [3.8, 4) is 34.0 Å². The lowest BCUT2D eigenvalue weighted by atomic mass is 10.1. The van der Waals surface area contributed by atoms with Crippen molar-refractivity contribution in [2.24, 2.45) is 14.1 Å². The maximum Gasteiger partial charge on any atom is 0.307 e. The van der Waals surface area contributed by atoms with E-state index < -0.39 is 16.4 Å².